The van der Waals surface area contributed by atoms with E-state index in [4.69, 9.17) is 4.74 Å². The van der Waals surface area contributed by atoms with Crippen molar-refractivity contribution in [3.05, 3.63) is 68.5 Å². The Labute approximate surface area is 146 Å². The number of likely N-dealkylation sites (N-methyl/N-ethyl adjacent to an activating group) is 1. The number of ether oxygens (including phenoxy) is 1. The smallest absolute Gasteiger partial charge is 0.330 e. The maximum atomic E-state index is 12.3. The van der Waals surface area contributed by atoms with E-state index in [1.807, 2.05) is 42.3 Å². The first-order valence-electron chi connectivity index (χ1n) is 7.98. The van der Waals surface area contributed by atoms with Gasteiger partial charge < -0.3 is 4.74 Å². The van der Waals surface area contributed by atoms with Gasteiger partial charge >= 0.3 is 11.7 Å². The molecule has 1 aromatic heterocycles. The summed E-state index contributed by atoms with van der Waals surface area (Å²) in [5, 5.41) is 0. The Balaban J connectivity index is 2.00. The number of hydrogen-bond acceptors (Lipinski definition) is 5. The Morgan fingerprint density at radius 3 is 2.44 bits per heavy atom. The minimum absolute atomic E-state index is 0.121. The third kappa shape index (κ3) is 4.45. The van der Waals surface area contributed by atoms with Crippen LogP contribution in [0, 0.1) is 0 Å². The molecule has 0 radical (unpaired) electrons. The van der Waals surface area contributed by atoms with Crippen LogP contribution >= 0.6 is 0 Å². The van der Waals surface area contributed by atoms with Gasteiger partial charge in [0, 0.05) is 26.7 Å². The number of nitrogens with zero attached hydrogens (tertiary/aromatic N) is 3. The first kappa shape index (κ1) is 18.7. The van der Waals surface area contributed by atoms with Crippen LogP contribution < -0.4 is 11.2 Å². The fraction of sp³-hybridized carbons (Fsp3) is 0.389. The van der Waals surface area contributed by atoms with Gasteiger partial charge in [0.25, 0.3) is 5.56 Å². The Bertz CT molecular complexity index is 855. The summed E-state index contributed by atoms with van der Waals surface area (Å²) in [5.41, 5.74) is 0.578. The Kier molecular flexibility index (Phi) is 5.93. The van der Waals surface area contributed by atoms with Gasteiger partial charge in [0.2, 0.25) is 0 Å². The summed E-state index contributed by atoms with van der Waals surface area (Å²) in [7, 11) is 4.78. The van der Waals surface area contributed by atoms with Crippen LogP contribution in [0.5, 0.6) is 0 Å². The van der Waals surface area contributed by atoms with Crippen molar-refractivity contribution in [1.29, 1.82) is 0 Å². The van der Waals surface area contributed by atoms with E-state index in [0.717, 1.165) is 10.1 Å². The highest BCUT2D eigenvalue weighted by molar-refractivity contribution is 5.75. The number of carbonyl (C=O) groups excluding carboxylic acids is 1. The minimum atomic E-state index is -0.455. The van der Waals surface area contributed by atoms with E-state index in [9.17, 15) is 14.4 Å². The monoisotopic (exact) mass is 345 g/mol. The molecule has 0 saturated heterocycles. The second-order valence-corrected chi connectivity index (χ2v) is 6.06. The van der Waals surface area contributed by atoms with Crippen molar-refractivity contribution in [1.82, 2.24) is 14.0 Å². The van der Waals surface area contributed by atoms with Gasteiger partial charge in [-0.2, -0.15) is 0 Å². The van der Waals surface area contributed by atoms with Gasteiger partial charge in [0.05, 0.1) is 5.69 Å². The van der Waals surface area contributed by atoms with Crippen molar-refractivity contribution in [3.8, 4) is 0 Å². The van der Waals surface area contributed by atoms with Gasteiger partial charge in [-0.1, -0.05) is 30.3 Å². The van der Waals surface area contributed by atoms with Crippen molar-refractivity contribution >= 4 is 5.97 Å². The van der Waals surface area contributed by atoms with Crippen molar-refractivity contribution in [3.63, 3.8) is 0 Å². The Morgan fingerprint density at radius 2 is 1.80 bits per heavy atom. The topological polar surface area (TPSA) is 73.5 Å². The molecule has 0 saturated carbocycles. The molecule has 0 spiro atoms. The quantitative estimate of drug-likeness (QED) is 0.719. The average molecular weight is 345 g/mol. The van der Waals surface area contributed by atoms with Crippen molar-refractivity contribution < 1.29 is 9.53 Å². The predicted octanol–water partition coefficient (Wildman–Crippen LogP) is 0.648. The van der Waals surface area contributed by atoms with Gasteiger partial charge in [-0.15, -0.1) is 0 Å². The Morgan fingerprint density at radius 1 is 1.16 bits per heavy atom. The Hall–Kier alpha value is -2.67. The molecule has 1 heterocycles. The van der Waals surface area contributed by atoms with E-state index in [-0.39, 0.29) is 6.61 Å². The molecule has 7 nitrogen and oxygen atoms in total. The summed E-state index contributed by atoms with van der Waals surface area (Å²) in [4.78, 5) is 37.7. The molecule has 1 aromatic carbocycles. The standard InChI is InChI=1S/C18H23N3O4/c1-13(19(2)11-14-8-6-5-7-9-14)17(23)25-12-15-10-16(22)21(4)18(24)20(15)3/h5-10,13H,11-12H2,1-4H3/t13-/m1/s1. The SMILES string of the molecule is C[C@H](C(=O)OCc1cc(=O)n(C)c(=O)n1C)N(C)Cc1ccccc1. The van der Waals surface area contributed by atoms with Crippen LogP contribution in [0.4, 0.5) is 0 Å². The molecule has 1 atom stereocenters. The number of rotatable bonds is 6. The molecule has 0 unspecified atom stereocenters. The van der Waals surface area contributed by atoms with E-state index in [2.05, 4.69) is 0 Å². The summed E-state index contributed by atoms with van der Waals surface area (Å²) in [6, 6.07) is 10.7. The first-order chi connectivity index (χ1) is 11.8. The second kappa shape index (κ2) is 7.94. The molecule has 0 aliphatic heterocycles. The van der Waals surface area contributed by atoms with E-state index < -0.39 is 23.3 Å². The van der Waals surface area contributed by atoms with E-state index in [1.165, 1.54) is 24.7 Å². The number of esters is 1. The zero-order valence-electron chi connectivity index (χ0n) is 14.9. The second-order valence-electron chi connectivity index (χ2n) is 6.06. The predicted molar refractivity (Wildman–Crippen MR) is 94.1 cm³/mol. The average Bonchev–Trinajstić information content (AvgIpc) is 2.61. The molecular weight excluding hydrogens is 322 g/mol. The largest absolute Gasteiger partial charge is 0.458 e. The molecule has 134 valence electrons. The van der Waals surface area contributed by atoms with Crippen molar-refractivity contribution in [2.24, 2.45) is 14.1 Å². The van der Waals surface area contributed by atoms with Crippen LogP contribution in [0.15, 0.2) is 46.0 Å². The molecule has 0 N–H and O–H groups in total. The third-order valence-corrected chi connectivity index (χ3v) is 4.26. The van der Waals surface area contributed by atoms with Crippen LogP contribution in [0.1, 0.15) is 18.2 Å². The number of hydrogen-bond donors (Lipinski definition) is 0. The summed E-state index contributed by atoms with van der Waals surface area (Å²) >= 11 is 0. The first-order valence-corrected chi connectivity index (χ1v) is 7.98. The highest BCUT2D eigenvalue weighted by Gasteiger charge is 2.20. The molecular formula is C18H23N3O4. The molecule has 0 bridgehead atoms. The van der Waals surface area contributed by atoms with Crippen LogP contribution in [0.3, 0.4) is 0 Å². The number of carbonyl (C=O) groups is 1. The summed E-state index contributed by atoms with van der Waals surface area (Å²) in [6.07, 6.45) is 0. The molecule has 0 fully saturated rings. The maximum absolute atomic E-state index is 12.3. The molecule has 7 heteroatoms. The normalized spacial score (nSPS) is 12.2. The van der Waals surface area contributed by atoms with E-state index in [0.29, 0.717) is 12.2 Å². The van der Waals surface area contributed by atoms with Crippen LogP contribution in [0.25, 0.3) is 0 Å². The van der Waals surface area contributed by atoms with Crippen LogP contribution in [-0.4, -0.2) is 33.1 Å². The van der Waals surface area contributed by atoms with Gasteiger partial charge in [-0.3, -0.25) is 23.6 Å². The van der Waals surface area contributed by atoms with Gasteiger partial charge in [0.15, 0.2) is 0 Å². The summed E-state index contributed by atoms with van der Waals surface area (Å²) < 4.78 is 7.59. The molecule has 0 amide bonds. The number of aromatic nitrogens is 2. The molecule has 25 heavy (non-hydrogen) atoms. The van der Waals surface area contributed by atoms with Gasteiger partial charge in [0.1, 0.15) is 12.6 Å². The molecule has 2 aromatic rings. The van der Waals surface area contributed by atoms with Crippen molar-refractivity contribution in [2.45, 2.75) is 26.1 Å². The minimum Gasteiger partial charge on any atom is -0.458 e. The van der Waals surface area contributed by atoms with E-state index in [1.54, 1.807) is 6.92 Å². The van der Waals surface area contributed by atoms with Crippen molar-refractivity contribution in [2.75, 3.05) is 7.05 Å². The fourth-order valence-electron chi connectivity index (χ4n) is 2.37. The lowest BCUT2D eigenvalue weighted by Crippen LogP contribution is -2.39. The van der Waals surface area contributed by atoms with Crippen LogP contribution in [-0.2, 0) is 36.8 Å². The fourth-order valence-corrected chi connectivity index (χ4v) is 2.37. The molecule has 0 aliphatic carbocycles. The van der Waals surface area contributed by atoms with Crippen LogP contribution in [0.2, 0.25) is 0 Å². The lowest BCUT2D eigenvalue weighted by molar-refractivity contribution is -0.150. The van der Waals surface area contributed by atoms with Gasteiger partial charge in [-0.05, 0) is 19.5 Å². The lowest BCUT2D eigenvalue weighted by Gasteiger charge is -2.23. The third-order valence-electron chi connectivity index (χ3n) is 4.26. The maximum Gasteiger partial charge on any atom is 0.330 e. The zero-order chi connectivity index (χ0) is 18.6. The number of benzene rings is 1. The highest BCUT2D eigenvalue weighted by Crippen LogP contribution is 2.08. The van der Waals surface area contributed by atoms with Gasteiger partial charge in [-0.25, -0.2) is 4.79 Å². The van der Waals surface area contributed by atoms with E-state index >= 15 is 0 Å². The molecule has 0 aliphatic rings. The summed E-state index contributed by atoms with van der Waals surface area (Å²) in [5.74, 6) is -0.411. The zero-order valence-corrected chi connectivity index (χ0v) is 14.9. The molecule has 2 rings (SSSR count). The lowest BCUT2D eigenvalue weighted by atomic mass is 10.2. The highest BCUT2D eigenvalue weighted by atomic mass is 16.5. The summed E-state index contributed by atoms with van der Waals surface area (Å²) in [6.45, 7) is 2.25.